The third-order valence-electron chi connectivity index (χ3n) is 3.54. The third-order valence-corrected chi connectivity index (χ3v) is 5.07. The van der Waals surface area contributed by atoms with Gasteiger partial charge in [-0.2, -0.15) is 0 Å². The second-order valence-corrected chi connectivity index (χ2v) is 6.78. The number of sulfonamides is 1. The van der Waals surface area contributed by atoms with Gasteiger partial charge in [0, 0.05) is 19.1 Å². The fourth-order valence-electron chi connectivity index (χ4n) is 2.42. The number of rotatable bonds is 5. The van der Waals surface area contributed by atoms with Gasteiger partial charge in [0.15, 0.2) is 0 Å². The van der Waals surface area contributed by atoms with Gasteiger partial charge in [-0.15, -0.1) is 0 Å². The van der Waals surface area contributed by atoms with Gasteiger partial charge < -0.3 is 10.6 Å². The van der Waals surface area contributed by atoms with Crippen LogP contribution in [0.15, 0.2) is 23.1 Å². The van der Waals surface area contributed by atoms with E-state index in [1.807, 2.05) is 0 Å². The molecule has 0 atom stereocenters. The second kappa shape index (κ2) is 6.78. The molecule has 5 nitrogen and oxygen atoms in total. The molecule has 1 aromatic rings. The zero-order valence-corrected chi connectivity index (χ0v) is 12.4. The molecular formula is C13H19F2N3O2S. The summed E-state index contributed by atoms with van der Waals surface area (Å²) in [6.45, 7) is 2.80. The minimum Gasteiger partial charge on any atom is -0.329 e. The first kappa shape index (κ1) is 16.3. The van der Waals surface area contributed by atoms with Crippen molar-refractivity contribution in [1.29, 1.82) is 0 Å². The highest BCUT2D eigenvalue weighted by molar-refractivity contribution is 7.89. The number of hydrogen-bond acceptors (Lipinski definition) is 4. The topological polar surface area (TPSA) is 75.4 Å². The Balaban J connectivity index is 2.04. The Bertz CT molecular complexity index is 587. The van der Waals surface area contributed by atoms with Gasteiger partial charge in [0.1, 0.15) is 16.5 Å². The van der Waals surface area contributed by atoms with Crippen LogP contribution in [0.1, 0.15) is 12.8 Å². The lowest BCUT2D eigenvalue weighted by atomic mass is 10.1. The van der Waals surface area contributed by atoms with E-state index in [1.165, 1.54) is 0 Å². The van der Waals surface area contributed by atoms with Gasteiger partial charge in [-0.1, -0.05) is 0 Å². The van der Waals surface area contributed by atoms with Crippen molar-refractivity contribution in [3.63, 3.8) is 0 Å². The summed E-state index contributed by atoms with van der Waals surface area (Å²) in [5.41, 5.74) is 5.47. The number of nitrogens with one attached hydrogen (secondary N) is 1. The molecule has 0 aliphatic carbocycles. The lowest BCUT2D eigenvalue weighted by Gasteiger charge is -2.31. The van der Waals surface area contributed by atoms with Crippen molar-refractivity contribution >= 4 is 10.0 Å². The lowest BCUT2D eigenvalue weighted by molar-refractivity contribution is 0.212. The van der Waals surface area contributed by atoms with Crippen LogP contribution >= 0.6 is 0 Å². The molecule has 0 spiro atoms. The Morgan fingerprint density at radius 1 is 1.29 bits per heavy atom. The van der Waals surface area contributed by atoms with Crippen molar-refractivity contribution in [1.82, 2.24) is 9.62 Å². The summed E-state index contributed by atoms with van der Waals surface area (Å²) < 4.78 is 53.4. The van der Waals surface area contributed by atoms with Gasteiger partial charge in [0.25, 0.3) is 0 Å². The zero-order valence-electron chi connectivity index (χ0n) is 11.6. The van der Waals surface area contributed by atoms with E-state index in [-0.39, 0.29) is 6.04 Å². The predicted octanol–water partition coefficient (Wildman–Crippen LogP) is 0.666. The Kier molecular flexibility index (Phi) is 5.26. The Labute approximate surface area is 123 Å². The van der Waals surface area contributed by atoms with Crippen LogP contribution in [0.25, 0.3) is 0 Å². The molecule has 0 unspecified atom stereocenters. The summed E-state index contributed by atoms with van der Waals surface area (Å²) in [6, 6.07) is 2.13. The first-order chi connectivity index (χ1) is 9.92. The van der Waals surface area contributed by atoms with Gasteiger partial charge in [-0.05, 0) is 44.1 Å². The molecule has 0 amide bonds. The fourth-order valence-corrected chi connectivity index (χ4v) is 3.82. The Morgan fingerprint density at radius 2 is 1.95 bits per heavy atom. The highest BCUT2D eigenvalue weighted by atomic mass is 32.2. The molecule has 0 aromatic heterocycles. The molecule has 1 aliphatic heterocycles. The number of benzene rings is 1. The predicted molar refractivity (Wildman–Crippen MR) is 75.2 cm³/mol. The zero-order chi connectivity index (χ0) is 15.5. The van der Waals surface area contributed by atoms with Crippen molar-refractivity contribution < 1.29 is 17.2 Å². The summed E-state index contributed by atoms with van der Waals surface area (Å²) in [4.78, 5) is 1.50. The molecule has 0 bridgehead atoms. The van der Waals surface area contributed by atoms with Crippen LogP contribution in [-0.2, 0) is 10.0 Å². The molecule has 8 heteroatoms. The van der Waals surface area contributed by atoms with Gasteiger partial charge in [0.2, 0.25) is 10.0 Å². The van der Waals surface area contributed by atoms with E-state index < -0.39 is 26.6 Å². The van der Waals surface area contributed by atoms with Crippen LogP contribution in [0, 0.1) is 11.6 Å². The monoisotopic (exact) mass is 319 g/mol. The minimum absolute atomic E-state index is 0.272. The molecule has 1 aromatic carbocycles. The second-order valence-electron chi connectivity index (χ2n) is 5.10. The van der Waals surface area contributed by atoms with E-state index >= 15 is 0 Å². The molecule has 1 aliphatic rings. The molecule has 0 radical (unpaired) electrons. The van der Waals surface area contributed by atoms with Crippen molar-refractivity contribution in [2.45, 2.75) is 23.8 Å². The van der Waals surface area contributed by atoms with Gasteiger partial charge in [-0.3, -0.25) is 0 Å². The SMILES string of the molecule is NCCN1CCC(NS(=O)(=O)c2cc(F)ccc2F)CC1. The molecule has 3 N–H and O–H groups in total. The van der Waals surface area contributed by atoms with E-state index in [0.717, 1.165) is 31.8 Å². The van der Waals surface area contributed by atoms with Crippen molar-refractivity contribution in [2.75, 3.05) is 26.2 Å². The van der Waals surface area contributed by atoms with Gasteiger partial charge in [0.05, 0.1) is 0 Å². The van der Waals surface area contributed by atoms with Crippen LogP contribution in [0.2, 0.25) is 0 Å². The molecule has 1 fully saturated rings. The molecule has 2 rings (SSSR count). The summed E-state index contributed by atoms with van der Waals surface area (Å²) in [7, 11) is -4.05. The number of nitrogens with zero attached hydrogens (tertiary/aromatic N) is 1. The maximum Gasteiger partial charge on any atom is 0.243 e. The fraction of sp³-hybridized carbons (Fsp3) is 0.538. The van der Waals surface area contributed by atoms with E-state index in [1.54, 1.807) is 0 Å². The van der Waals surface area contributed by atoms with E-state index in [0.29, 0.717) is 25.5 Å². The smallest absolute Gasteiger partial charge is 0.243 e. The summed E-state index contributed by atoms with van der Waals surface area (Å²) >= 11 is 0. The Hall–Kier alpha value is -1.09. The van der Waals surface area contributed by atoms with E-state index in [9.17, 15) is 17.2 Å². The highest BCUT2D eigenvalue weighted by Gasteiger charge is 2.26. The number of nitrogens with two attached hydrogens (primary N) is 1. The molecule has 1 saturated heterocycles. The normalized spacial score (nSPS) is 18.0. The Morgan fingerprint density at radius 3 is 2.57 bits per heavy atom. The summed E-state index contributed by atoms with van der Waals surface area (Å²) in [6.07, 6.45) is 1.24. The summed E-state index contributed by atoms with van der Waals surface area (Å²) in [5, 5.41) is 0. The largest absolute Gasteiger partial charge is 0.329 e. The average Bonchev–Trinajstić information content (AvgIpc) is 2.43. The molecule has 21 heavy (non-hydrogen) atoms. The molecular weight excluding hydrogens is 300 g/mol. The highest BCUT2D eigenvalue weighted by Crippen LogP contribution is 2.18. The minimum atomic E-state index is -4.05. The standard InChI is InChI=1S/C13H19F2N3O2S/c14-10-1-2-12(15)13(9-10)21(19,20)17-11-3-6-18(7-4-11)8-5-16/h1-2,9,11,17H,3-8,16H2. The van der Waals surface area contributed by atoms with Crippen molar-refractivity contribution in [3.05, 3.63) is 29.8 Å². The quantitative estimate of drug-likeness (QED) is 0.836. The number of piperidine rings is 1. The summed E-state index contributed by atoms with van der Waals surface area (Å²) in [5.74, 6) is -1.74. The van der Waals surface area contributed by atoms with Crippen LogP contribution in [0.4, 0.5) is 8.78 Å². The van der Waals surface area contributed by atoms with Gasteiger partial charge >= 0.3 is 0 Å². The first-order valence-corrected chi connectivity index (χ1v) is 8.30. The maximum absolute atomic E-state index is 13.6. The lowest BCUT2D eigenvalue weighted by Crippen LogP contribution is -2.45. The van der Waals surface area contributed by atoms with Crippen LogP contribution < -0.4 is 10.5 Å². The van der Waals surface area contributed by atoms with Crippen LogP contribution in [0.3, 0.4) is 0 Å². The van der Waals surface area contributed by atoms with Crippen LogP contribution in [0.5, 0.6) is 0 Å². The van der Waals surface area contributed by atoms with E-state index in [2.05, 4.69) is 9.62 Å². The maximum atomic E-state index is 13.6. The van der Waals surface area contributed by atoms with Gasteiger partial charge in [-0.25, -0.2) is 21.9 Å². The number of hydrogen-bond donors (Lipinski definition) is 2. The van der Waals surface area contributed by atoms with Crippen molar-refractivity contribution in [2.24, 2.45) is 5.73 Å². The first-order valence-electron chi connectivity index (χ1n) is 6.82. The third kappa shape index (κ3) is 4.19. The number of likely N-dealkylation sites (tertiary alicyclic amines) is 1. The molecule has 1 heterocycles. The number of halogens is 2. The van der Waals surface area contributed by atoms with Crippen molar-refractivity contribution in [3.8, 4) is 0 Å². The molecule has 0 saturated carbocycles. The average molecular weight is 319 g/mol. The van der Waals surface area contributed by atoms with Crippen LogP contribution in [-0.4, -0.2) is 45.5 Å². The molecule has 118 valence electrons. The van der Waals surface area contributed by atoms with E-state index in [4.69, 9.17) is 5.73 Å².